The van der Waals surface area contributed by atoms with Crippen LogP contribution in [-0.4, -0.2) is 65.0 Å². The van der Waals surface area contributed by atoms with Crippen LogP contribution in [0.1, 0.15) is 17.2 Å². The molecule has 2 aromatic rings. The highest BCUT2D eigenvalue weighted by Gasteiger charge is 2.19. The fraction of sp³-hybridized carbons (Fsp3) is 0.375. The van der Waals surface area contributed by atoms with Crippen molar-refractivity contribution in [1.82, 2.24) is 10.2 Å². The van der Waals surface area contributed by atoms with Crippen LogP contribution >= 0.6 is 0 Å². The van der Waals surface area contributed by atoms with Gasteiger partial charge in [0.1, 0.15) is 5.75 Å². The normalized spacial score (nSPS) is 15.5. The van der Waals surface area contributed by atoms with Crippen LogP contribution < -0.4 is 19.5 Å². The molecule has 2 aromatic carbocycles. The highest BCUT2D eigenvalue weighted by atomic mass is 16.5. The van der Waals surface area contributed by atoms with Gasteiger partial charge in [-0.15, -0.1) is 0 Å². The van der Waals surface area contributed by atoms with Gasteiger partial charge in [-0.3, -0.25) is 9.69 Å². The molecule has 1 heterocycles. The zero-order valence-corrected chi connectivity index (χ0v) is 18.3. The van der Waals surface area contributed by atoms with Crippen molar-refractivity contribution in [1.29, 1.82) is 0 Å². The molecule has 0 bridgehead atoms. The van der Waals surface area contributed by atoms with Gasteiger partial charge in [0.25, 0.3) is 0 Å². The van der Waals surface area contributed by atoms with E-state index in [0.717, 1.165) is 30.8 Å². The molecule has 1 aliphatic rings. The molecule has 1 saturated heterocycles. The molecule has 0 unspecified atom stereocenters. The Kier molecular flexibility index (Phi) is 8.32. The molecular formula is C24H30N2O5. The highest BCUT2D eigenvalue weighted by Crippen LogP contribution is 2.35. The van der Waals surface area contributed by atoms with Crippen LogP contribution in [0.15, 0.2) is 48.5 Å². The Labute approximate surface area is 183 Å². The van der Waals surface area contributed by atoms with Crippen LogP contribution in [0.4, 0.5) is 0 Å². The largest absolute Gasteiger partial charge is 0.496 e. The first-order chi connectivity index (χ1) is 15.1. The minimum atomic E-state index is -0.182. The molecule has 1 fully saturated rings. The Hall–Kier alpha value is -3.03. The lowest BCUT2D eigenvalue weighted by molar-refractivity contribution is -0.117. The minimum absolute atomic E-state index is 0.122. The summed E-state index contributed by atoms with van der Waals surface area (Å²) < 4.78 is 21.5. The monoisotopic (exact) mass is 426 g/mol. The molecule has 166 valence electrons. The average Bonchev–Trinajstić information content (AvgIpc) is 2.82. The van der Waals surface area contributed by atoms with Crippen molar-refractivity contribution >= 4 is 12.0 Å². The minimum Gasteiger partial charge on any atom is -0.496 e. The van der Waals surface area contributed by atoms with Gasteiger partial charge in [-0.25, -0.2) is 0 Å². The molecule has 0 aliphatic carbocycles. The summed E-state index contributed by atoms with van der Waals surface area (Å²) in [5.41, 5.74) is 1.79. The van der Waals surface area contributed by atoms with Gasteiger partial charge in [0.15, 0.2) is 11.5 Å². The first-order valence-electron chi connectivity index (χ1n) is 10.3. The van der Waals surface area contributed by atoms with Gasteiger partial charge in [-0.1, -0.05) is 30.3 Å². The molecular weight excluding hydrogens is 396 g/mol. The lowest BCUT2D eigenvalue weighted by Gasteiger charge is -2.31. The first-order valence-corrected chi connectivity index (χ1v) is 10.3. The lowest BCUT2D eigenvalue weighted by Crippen LogP contribution is -2.42. The van der Waals surface area contributed by atoms with Crippen LogP contribution in [0, 0.1) is 0 Å². The maximum atomic E-state index is 12.8. The molecule has 1 atom stereocenters. The maximum absolute atomic E-state index is 12.8. The van der Waals surface area contributed by atoms with E-state index in [0.29, 0.717) is 30.5 Å². The van der Waals surface area contributed by atoms with E-state index in [1.54, 1.807) is 39.5 Å². The third-order valence-corrected chi connectivity index (χ3v) is 5.21. The molecule has 1 aliphatic heterocycles. The van der Waals surface area contributed by atoms with Gasteiger partial charge in [0.2, 0.25) is 5.91 Å². The first kappa shape index (κ1) is 22.7. The third-order valence-electron chi connectivity index (χ3n) is 5.21. The molecule has 7 heteroatoms. The quantitative estimate of drug-likeness (QED) is 0.622. The molecule has 0 aromatic heterocycles. The average molecular weight is 427 g/mol. The van der Waals surface area contributed by atoms with E-state index in [9.17, 15) is 4.79 Å². The van der Waals surface area contributed by atoms with Crippen LogP contribution in [0.25, 0.3) is 6.08 Å². The van der Waals surface area contributed by atoms with Crippen molar-refractivity contribution in [2.75, 3.05) is 54.2 Å². The molecule has 31 heavy (non-hydrogen) atoms. The molecule has 0 radical (unpaired) electrons. The van der Waals surface area contributed by atoms with Gasteiger partial charge in [-0.2, -0.15) is 0 Å². The number of amides is 1. The van der Waals surface area contributed by atoms with E-state index in [2.05, 4.69) is 10.2 Å². The summed E-state index contributed by atoms with van der Waals surface area (Å²) >= 11 is 0. The van der Waals surface area contributed by atoms with E-state index < -0.39 is 0 Å². The summed E-state index contributed by atoms with van der Waals surface area (Å²) in [6, 6.07) is 13.4. The van der Waals surface area contributed by atoms with Crippen LogP contribution in [0.5, 0.6) is 17.2 Å². The summed E-state index contributed by atoms with van der Waals surface area (Å²) in [5, 5.41) is 3.13. The number of carbonyl (C=O) groups is 1. The summed E-state index contributed by atoms with van der Waals surface area (Å²) in [6.07, 6.45) is 3.23. The van der Waals surface area contributed by atoms with Crippen molar-refractivity contribution in [3.63, 3.8) is 0 Å². The van der Waals surface area contributed by atoms with Crippen LogP contribution in [0.2, 0.25) is 0 Å². The number of benzene rings is 2. The van der Waals surface area contributed by atoms with E-state index >= 15 is 0 Å². The van der Waals surface area contributed by atoms with E-state index in [4.69, 9.17) is 18.9 Å². The number of nitrogens with one attached hydrogen (secondary N) is 1. The summed E-state index contributed by atoms with van der Waals surface area (Å²) in [5.74, 6) is 1.54. The molecule has 1 amide bonds. The van der Waals surface area contributed by atoms with Gasteiger partial charge < -0.3 is 24.3 Å². The van der Waals surface area contributed by atoms with E-state index in [1.807, 2.05) is 30.3 Å². The number of carbonyl (C=O) groups excluding carboxylic acids is 1. The number of hydrogen-bond donors (Lipinski definition) is 1. The smallest absolute Gasteiger partial charge is 0.244 e. The fourth-order valence-electron chi connectivity index (χ4n) is 3.53. The Morgan fingerprint density at radius 2 is 1.68 bits per heavy atom. The Morgan fingerprint density at radius 1 is 1.03 bits per heavy atom. The molecule has 3 rings (SSSR count). The van der Waals surface area contributed by atoms with Crippen molar-refractivity contribution < 1.29 is 23.7 Å². The molecule has 1 N–H and O–H groups in total. The summed E-state index contributed by atoms with van der Waals surface area (Å²) in [4.78, 5) is 15.1. The molecule has 0 spiro atoms. The topological polar surface area (TPSA) is 69.3 Å². The number of ether oxygens (including phenoxy) is 4. The van der Waals surface area contributed by atoms with Crippen LogP contribution in [0.3, 0.4) is 0 Å². The number of rotatable bonds is 9. The van der Waals surface area contributed by atoms with Crippen molar-refractivity contribution in [3.8, 4) is 17.2 Å². The highest BCUT2D eigenvalue weighted by molar-refractivity contribution is 5.92. The molecule has 7 nitrogen and oxygen atoms in total. The maximum Gasteiger partial charge on any atom is 0.244 e. The number of nitrogens with zero attached hydrogens (tertiary/aromatic N) is 1. The predicted molar refractivity (Wildman–Crippen MR) is 120 cm³/mol. The number of methoxy groups -OCH3 is 3. The second-order valence-electron chi connectivity index (χ2n) is 7.17. The van der Waals surface area contributed by atoms with Crippen molar-refractivity contribution in [3.05, 3.63) is 59.7 Å². The van der Waals surface area contributed by atoms with Gasteiger partial charge >= 0.3 is 0 Å². The van der Waals surface area contributed by atoms with Gasteiger partial charge in [0.05, 0.1) is 40.6 Å². The fourth-order valence-corrected chi connectivity index (χ4v) is 3.53. The van der Waals surface area contributed by atoms with Crippen molar-refractivity contribution in [2.24, 2.45) is 0 Å². The third kappa shape index (κ3) is 6.23. The van der Waals surface area contributed by atoms with Crippen LogP contribution in [-0.2, 0) is 9.53 Å². The van der Waals surface area contributed by atoms with Crippen molar-refractivity contribution in [2.45, 2.75) is 6.04 Å². The number of hydrogen-bond acceptors (Lipinski definition) is 6. The second-order valence-corrected chi connectivity index (χ2v) is 7.17. The Balaban J connectivity index is 1.75. The Bertz CT molecular complexity index is 879. The number of morpholine rings is 1. The Morgan fingerprint density at radius 3 is 2.32 bits per heavy atom. The summed E-state index contributed by atoms with van der Waals surface area (Å²) in [6.45, 7) is 3.88. The zero-order chi connectivity index (χ0) is 22.1. The van der Waals surface area contributed by atoms with E-state index in [-0.39, 0.29) is 11.9 Å². The summed E-state index contributed by atoms with van der Waals surface area (Å²) in [7, 11) is 4.71. The zero-order valence-electron chi connectivity index (χ0n) is 18.3. The van der Waals surface area contributed by atoms with Gasteiger partial charge in [0, 0.05) is 37.3 Å². The van der Waals surface area contributed by atoms with Gasteiger partial charge in [-0.05, 0) is 17.7 Å². The molecule has 0 saturated carbocycles. The SMILES string of the molecule is COc1cc(OC)c(OC)cc1/C=C/C(=O)N[C@H](CN1CCOCC1)c1ccccc1. The standard InChI is InChI=1S/C24H30N2O5/c1-28-21-16-23(30-3)22(29-2)15-19(21)9-10-24(27)25-20(18-7-5-4-6-8-18)17-26-11-13-31-14-12-26/h4-10,15-16,20H,11-14,17H2,1-3H3,(H,25,27)/b10-9+/t20-/m1/s1. The predicted octanol–water partition coefficient (Wildman–Crippen LogP) is 2.92. The van der Waals surface area contributed by atoms with E-state index in [1.165, 1.54) is 6.08 Å². The second kappa shape index (κ2) is 11.4. The lowest BCUT2D eigenvalue weighted by atomic mass is 10.1.